The van der Waals surface area contributed by atoms with Crippen molar-refractivity contribution in [3.63, 3.8) is 0 Å². The summed E-state index contributed by atoms with van der Waals surface area (Å²) in [5, 5.41) is 11.6. The molecule has 2 unspecified atom stereocenters. The van der Waals surface area contributed by atoms with Gasteiger partial charge in [0.2, 0.25) is 0 Å². The summed E-state index contributed by atoms with van der Waals surface area (Å²) in [6, 6.07) is 8.83. The molecule has 1 fully saturated rings. The third-order valence-electron chi connectivity index (χ3n) is 8.80. The molecule has 0 spiro atoms. The van der Waals surface area contributed by atoms with Crippen molar-refractivity contribution in [3.05, 3.63) is 52.6 Å². The predicted octanol–water partition coefficient (Wildman–Crippen LogP) is 6.51. The number of benzene rings is 1. The molecular weight excluding hydrogens is 418 g/mol. The van der Waals surface area contributed by atoms with Crippen LogP contribution in [0.1, 0.15) is 78.7 Å². The third-order valence-corrected chi connectivity index (χ3v) is 8.80. The summed E-state index contributed by atoms with van der Waals surface area (Å²) >= 11 is 0. The molecule has 3 rings (SSSR count). The molecule has 184 valence electrons. The van der Waals surface area contributed by atoms with Crippen molar-refractivity contribution in [3.8, 4) is 11.8 Å². The number of carbonyl (C=O) groups is 1. The first-order valence-corrected chi connectivity index (χ1v) is 13.0. The third kappa shape index (κ3) is 4.89. The first-order chi connectivity index (χ1) is 16.1. The van der Waals surface area contributed by atoms with E-state index < -0.39 is 5.60 Å². The summed E-state index contributed by atoms with van der Waals surface area (Å²) in [6.45, 7) is 10.4. The maximum Gasteiger partial charge on any atom is 0.155 e. The van der Waals surface area contributed by atoms with E-state index in [0.29, 0.717) is 18.3 Å². The lowest BCUT2D eigenvalue weighted by atomic mass is 9.60. The highest BCUT2D eigenvalue weighted by Crippen LogP contribution is 2.58. The van der Waals surface area contributed by atoms with Gasteiger partial charge < -0.3 is 10.0 Å². The number of hydrogen-bond acceptors (Lipinski definition) is 3. The number of rotatable bonds is 7. The van der Waals surface area contributed by atoms with Crippen molar-refractivity contribution in [2.45, 2.75) is 85.2 Å². The van der Waals surface area contributed by atoms with Crippen LogP contribution in [0.15, 0.2) is 47.1 Å². The molecule has 1 aromatic carbocycles. The Labute approximate surface area is 207 Å². The van der Waals surface area contributed by atoms with E-state index >= 15 is 0 Å². The van der Waals surface area contributed by atoms with Crippen LogP contribution in [0.2, 0.25) is 0 Å². The van der Waals surface area contributed by atoms with Gasteiger partial charge in [0.05, 0.1) is 0 Å². The van der Waals surface area contributed by atoms with E-state index in [0.717, 1.165) is 38.5 Å². The van der Waals surface area contributed by atoms with Crippen LogP contribution in [-0.2, 0) is 11.2 Å². The largest absolute Gasteiger partial charge is 0.378 e. The molecule has 4 atom stereocenters. The average Bonchev–Trinajstić information content (AvgIpc) is 3.07. The second-order valence-corrected chi connectivity index (χ2v) is 10.7. The van der Waals surface area contributed by atoms with Crippen molar-refractivity contribution in [1.29, 1.82) is 0 Å². The standard InChI is InChI=1S/C31H43NO2/c1-8-18-31(34)19-17-29(30(31,5)10-3)27-16-13-24(21-26(33)9-2)22(4)28(27)20-23-11-14-25(15-12-23)32(6)7/h11-12,14-15,21,27,29,34H,9-10,13,16-17,19-20H2,1-7H3/b24-21-/t27?,29?,30-,31-/m0/s1. The molecule has 2 aliphatic carbocycles. The van der Waals surface area contributed by atoms with Gasteiger partial charge in [-0.3, -0.25) is 4.79 Å². The molecule has 0 radical (unpaired) electrons. The molecule has 1 aromatic rings. The molecule has 0 aromatic heterocycles. The Morgan fingerprint density at radius 2 is 1.88 bits per heavy atom. The molecule has 0 saturated heterocycles. The van der Waals surface area contributed by atoms with Gasteiger partial charge in [0, 0.05) is 31.6 Å². The first kappa shape index (κ1) is 26.3. The summed E-state index contributed by atoms with van der Waals surface area (Å²) in [5.41, 5.74) is 5.24. The minimum absolute atomic E-state index is 0.203. The van der Waals surface area contributed by atoms with Gasteiger partial charge in [-0.15, -0.1) is 5.92 Å². The molecule has 0 amide bonds. The lowest BCUT2D eigenvalue weighted by molar-refractivity contribution is -0.114. The van der Waals surface area contributed by atoms with Crippen LogP contribution in [0.5, 0.6) is 0 Å². The van der Waals surface area contributed by atoms with Gasteiger partial charge >= 0.3 is 0 Å². The number of allylic oxidation sites excluding steroid dienone is 4. The summed E-state index contributed by atoms with van der Waals surface area (Å²) in [5.74, 6) is 7.17. The molecule has 3 nitrogen and oxygen atoms in total. The van der Waals surface area contributed by atoms with Crippen LogP contribution >= 0.6 is 0 Å². The van der Waals surface area contributed by atoms with Crippen LogP contribution in [0.25, 0.3) is 0 Å². The zero-order valence-electron chi connectivity index (χ0n) is 22.3. The molecule has 1 saturated carbocycles. The Morgan fingerprint density at radius 3 is 2.44 bits per heavy atom. The summed E-state index contributed by atoms with van der Waals surface area (Å²) in [7, 11) is 4.12. The molecule has 3 heteroatoms. The van der Waals surface area contributed by atoms with Crippen LogP contribution in [-0.4, -0.2) is 30.6 Å². The van der Waals surface area contributed by atoms with E-state index in [2.05, 4.69) is 75.9 Å². The van der Waals surface area contributed by atoms with Crippen molar-refractivity contribution >= 4 is 11.5 Å². The van der Waals surface area contributed by atoms with Crippen molar-refractivity contribution in [2.75, 3.05) is 19.0 Å². The number of ketones is 1. The first-order valence-electron chi connectivity index (χ1n) is 13.0. The Hall–Kier alpha value is -2.31. The van der Waals surface area contributed by atoms with E-state index in [1.54, 1.807) is 0 Å². The van der Waals surface area contributed by atoms with Crippen molar-refractivity contribution < 1.29 is 9.90 Å². The molecule has 0 bridgehead atoms. The SMILES string of the molecule is CC#C[C@]1(O)CCC(C2CC/C(=C/C(=O)CC)C(C)=C2Cc2ccc(N(C)C)cc2)[C@]1(C)CC. The molecule has 34 heavy (non-hydrogen) atoms. The smallest absolute Gasteiger partial charge is 0.155 e. The van der Waals surface area contributed by atoms with E-state index in [4.69, 9.17) is 0 Å². The highest BCUT2D eigenvalue weighted by molar-refractivity contribution is 5.90. The summed E-state index contributed by atoms with van der Waals surface area (Å²) in [6.07, 6.45) is 7.90. The second-order valence-electron chi connectivity index (χ2n) is 10.7. The zero-order valence-corrected chi connectivity index (χ0v) is 22.3. The van der Waals surface area contributed by atoms with Gasteiger partial charge in [-0.1, -0.05) is 44.4 Å². The average molecular weight is 462 g/mol. The Kier molecular flexibility index (Phi) is 8.14. The maximum absolute atomic E-state index is 12.3. The van der Waals surface area contributed by atoms with E-state index in [9.17, 15) is 9.90 Å². The number of carbonyl (C=O) groups excluding carboxylic acids is 1. The van der Waals surface area contributed by atoms with Crippen LogP contribution < -0.4 is 4.90 Å². The molecule has 0 heterocycles. The fraction of sp³-hybridized carbons (Fsp3) is 0.581. The lowest BCUT2D eigenvalue weighted by Crippen LogP contribution is -2.46. The Morgan fingerprint density at radius 1 is 1.21 bits per heavy atom. The van der Waals surface area contributed by atoms with Gasteiger partial charge in [0.1, 0.15) is 5.60 Å². The highest BCUT2D eigenvalue weighted by Gasteiger charge is 2.57. The van der Waals surface area contributed by atoms with Crippen LogP contribution in [0.3, 0.4) is 0 Å². The fourth-order valence-corrected chi connectivity index (χ4v) is 6.36. The van der Waals surface area contributed by atoms with E-state index in [1.165, 1.54) is 28.0 Å². The van der Waals surface area contributed by atoms with Crippen LogP contribution in [0.4, 0.5) is 5.69 Å². The molecule has 0 aliphatic heterocycles. The topological polar surface area (TPSA) is 40.5 Å². The second kappa shape index (κ2) is 10.5. The van der Waals surface area contributed by atoms with Gasteiger partial charge in [-0.25, -0.2) is 0 Å². The number of anilines is 1. The minimum atomic E-state index is -0.929. The maximum atomic E-state index is 12.3. The van der Waals surface area contributed by atoms with Crippen molar-refractivity contribution in [1.82, 2.24) is 0 Å². The molecular formula is C31H43NO2. The normalized spacial score (nSPS) is 30.3. The van der Waals surface area contributed by atoms with E-state index in [1.807, 2.05) is 19.9 Å². The summed E-state index contributed by atoms with van der Waals surface area (Å²) in [4.78, 5) is 14.4. The number of aliphatic hydroxyl groups is 1. The number of hydrogen-bond donors (Lipinski definition) is 1. The lowest BCUT2D eigenvalue weighted by Gasteiger charge is -2.45. The van der Waals surface area contributed by atoms with Gasteiger partial charge in [0.25, 0.3) is 0 Å². The van der Waals surface area contributed by atoms with Gasteiger partial charge in [-0.2, -0.15) is 0 Å². The minimum Gasteiger partial charge on any atom is -0.378 e. The quantitative estimate of drug-likeness (QED) is 0.372. The summed E-state index contributed by atoms with van der Waals surface area (Å²) < 4.78 is 0. The Balaban J connectivity index is 2.05. The highest BCUT2D eigenvalue weighted by atomic mass is 16.3. The Bertz CT molecular complexity index is 1020. The van der Waals surface area contributed by atoms with Gasteiger partial charge in [-0.05, 0) is 99.1 Å². The van der Waals surface area contributed by atoms with Crippen molar-refractivity contribution in [2.24, 2.45) is 17.3 Å². The van der Waals surface area contributed by atoms with E-state index in [-0.39, 0.29) is 11.2 Å². The fourth-order valence-electron chi connectivity index (χ4n) is 6.36. The predicted molar refractivity (Wildman–Crippen MR) is 143 cm³/mol. The van der Waals surface area contributed by atoms with Crippen LogP contribution in [0, 0.1) is 29.1 Å². The monoisotopic (exact) mass is 461 g/mol. The number of nitrogens with zero attached hydrogens (tertiary/aromatic N) is 1. The zero-order chi connectivity index (χ0) is 25.1. The van der Waals surface area contributed by atoms with Gasteiger partial charge in [0.15, 0.2) is 5.78 Å². The molecule has 2 aliphatic rings. The molecule has 1 N–H and O–H groups in total.